The first kappa shape index (κ1) is 16.1. The molecule has 3 N–H and O–H groups in total. The first-order chi connectivity index (χ1) is 11.3. The van der Waals surface area contributed by atoms with Crippen molar-refractivity contribution in [2.24, 2.45) is 4.99 Å². The number of ether oxygens (including phenoxy) is 1. The monoisotopic (exact) mass is 320 g/mol. The van der Waals surface area contributed by atoms with E-state index >= 15 is 0 Å². The van der Waals surface area contributed by atoms with Crippen molar-refractivity contribution in [3.05, 3.63) is 29.6 Å². The molecule has 126 valence electrons. The summed E-state index contributed by atoms with van der Waals surface area (Å²) in [6.07, 6.45) is 4.14. The Morgan fingerprint density at radius 3 is 3.17 bits per heavy atom. The molecule has 0 amide bonds. The smallest absolute Gasteiger partial charge is 0.191 e. The lowest BCUT2D eigenvalue weighted by Gasteiger charge is -2.26. The number of aryl methyl sites for hydroxylation is 1. The molecule has 2 aliphatic heterocycles. The maximum atomic E-state index is 13.2. The molecule has 0 saturated carbocycles. The summed E-state index contributed by atoms with van der Waals surface area (Å²) >= 11 is 0. The largest absolute Gasteiger partial charge is 0.489 e. The zero-order chi connectivity index (χ0) is 15.9. The Balaban J connectivity index is 1.29. The van der Waals surface area contributed by atoms with Crippen LogP contribution in [-0.2, 0) is 6.42 Å². The predicted molar refractivity (Wildman–Crippen MR) is 89.5 cm³/mol. The molecule has 1 unspecified atom stereocenters. The highest BCUT2D eigenvalue weighted by atomic mass is 19.1. The summed E-state index contributed by atoms with van der Waals surface area (Å²) in [7, 11) is 0. The van der Waals surface area contributed by atoms with E-state index in [0.29, 0.717) is 0 Å². The van der Waals surface area contributed by atoms with Crippen molar-refractivity contribution in [2.75, 3.05) is 32.7 Å². The van der Waals surface area contributed by atoms with Crippen molar-refractivity contribution in [1.82, 2.24) is 16.0 Å². The lowest BCUT2D eigenvalue weighted by atomic mass is 10.0. The number of benzene rings is 1. The van der Waals surface area contributed by atoms with Crippen LogP contribution in [0, 0.1) is 5.82 Å². The average molecular weight is 320 g/mol. The molecule has 0 bridgehead atoms. The summed E-state index contributed by atoms with van der Waals surface area (Å²) in [4.78, 5) is 4.38. The molecule has 0 aliphatic carbocycles. The molecule has 0 radical (unpaired) electrons. The van der Waals surface area contributed by atoms with Gasteiger partial charge in [0, 0.05) is 26.2 Å². The molecule has 5 nitrogen and oxygen atoms in total. The number of rotatable bonds is 6. The normalized spacial score (nSPS) is 20.0. The fourth-order valence-electron chi connectivity index (χ4n) is 2.89. The second kappa shape index (κ2) is 8.15. The number of nitrogens with one attached hydrogen (secondary N) is 3. The molecule has 0 fully saturated rings. The number of guanidine groups is 1. The summed E-state index contributed by atoms with van der Waals surface area (Å²) in [5, 5.41) is 9.99. The highest BCUT2D eigenvalue weighted by Crippen LogP contribution is 2.27. The van der Waals surface area contributed by atoms with Crippen LogP contribution in [0.3, 0.4) is 0 Å². The minimum Gasteiger partial charge on any atom is -0.489 e. The van der Waals surface area contributed by atoms with Crippen LogP contribution in [0.15, 0.2) is 23.2 Å². The lowest BCUT2D eigenvalue weighted by Crippen LogP contribution is -2.42. The summed E-state index contributed by atoms with van der Waals surface area (Å²) in [5.74, 6) is 1.57. The van der Waals surface area contributed by atoms with Gasteiger partial charge in [0.15, 0.2) is 5.96 Å². The second-order valence-corrected chi connectivity index (χ2v) is 6.03. The molecule has 3 rings (SSSR count). The molecule has 0 saturated heterocycles. The van der Waals surface area contributed by atoms with Gasteiger partial charge >= 0.3 is 0 Å². The van der Waals surface area contributed by atoms with Crippen LogP contribution in [0.1, 0.15) is 24.8 Å². The van der Waals surface area contributed by atoms with Crippen LogP contribution in [-0.4, -0.2) is 44.8 Å². The fourth-order valence-corrected chi connectivity index (χ4v) is 2.89. The van der Waals surface area contributed by atoms with Gasteiger partial charge in [0.2, 0.25) is 0 Å². The standard InChI is InChI=1S/C17H25FN4O/c18-14-4-6-16-13(11-14)3-5-15(23-16)12-19-7-1-8-20-17-21-9-2-10-22-17/h4,6,11,15,19H,1-3,5,7-10,12H2,(H2,20,21,22). The van der Waals surface area contributed by atoms with Crippen LogP contribution < -0.4 is 20.7 Å². The molecule has 2 heterocycles. The van der Waals surface area contributed by atoms with E-state index in [9.17, 15) is 4.39 Å². The minimum atomic E-state index is -0.187. The highest BCUT2D eigenvalue weighted by Gasteiger charge is 2.19. The SMILES string of the molecule is Fc1ccc2c(c1)CCC(CNCCCNC1=NCCCN1)O2. The number of fused-ring (bicyclic) bond motifs is 1. The van der Waals surface area contributed by atoms with E-state index in [1.165, 1.54) is 6.07 Å². The Kier molecular flexibility index (Phi) is 5.69. The Hall–Kier alpha value is -1.82. The van der Waals surface area contributed by atoms with Gasteiger partial charge in [-0.3, -0.25) is 4.99 Å². The topological polar surface area (TPSA) is 57.7 Å². The number of halogens is 1. The van der Waals surface area contributed by atoms with E-state index in [4.69, 9.17) is 4.74 Å². The van der Waals surface area contributed by atoms with Gasteiger partial charge < -0.3 is 20.7 Å². The molecular weight excluding hydrogens is 295 g/mol. The molecule has 0 spiro atoms. The van der Waals surface area contributed by atoms with Crippen molar-refractivity contribution >= 4 is 5.96 Å². The molecule has 6 heteroatoms. The van der Waals surface area contributed by atoms with Crippen molar-refractivity contribution < 1.29 is 9.13 Å². The van der Waals surface area contributed by atoms with Crippen LogP contribution >= 0.6 is 0 Å². The molecule has 2 aliphatic rings. The van der Waals surface area contributed by atoms with Crippen LogP contribution in [0.5, 0.6) is 5.75 Å². The van der Waals surface area contributed by atoms with Crippen molar-refractivity contribution in [1.29, 1.82) is 0 Å². The van der Waals surface area contributed by atoms with Gasteiger partial charge in [0.25, 0.3) is 0 Å². The summed E-state index contributed by atoms with van der Waals surface area (Å²) in [6.45, 7) is 4.60. The summed E-state index contributed by atoms with van der Waals surface area (Å²) < 4.78 is 19.1. The Morgan fingerprint density at radius 2 is 2.30 bits per heavy atom. The van der Waals surface area contributed by atoms with E-state index in [-0.39, 0.29) is 11.9 Å². The average Bonchev–Trinajstić information content (AvgIpc) is 2.59. The van der Waals surface area contributed by atoms with E-state index < -0.39 is 0 Å². The maximum Gasteiger partial charge on any atom is 0.191 e. The van der Waals surface area contributed by atoms with Gasteiger partial charge in [0.05, 0.1) is 0 Å². The van der Waals surface area contributed by atoms with E-state index in [0.717, 1.165) is 75.7 Å². The Bertz CT molecular complexity index is 549. The van der Waals surface area contributed by atoms with Gasteiger partial charge in [0.1, 0.15) is 17.7 Å². The maximum absolute atomic E-state index is 13.2. The number of hydrogen-bond acceptors (Lipinski definition) is 5. The summed E-state index contributed by atoms with van der Waals surface area (Å²) in [5.41, 5.74) is 0.978. The first-order valence-corrected chi connectivity index (χ1v) is 8.49. The first-order valence-electron chi connectivity index (χ1n) is 8.49. The van der Waals surface area contributed by atoms with Gasteiger partial charge in [-0.15, -0.1) is 0 Å². The van der Waals surface area contributed by atoms with E-state index in [1.807, 2.05) is 0 Å². The third-order valence-electron chi connectivity index (χ3n) is 4.14. The molecule has 1 aromatic rings. The van der Waals surface area contributed by atoms with Crippen molar-refractivity contribution in [3.63, 3.8) is 0 Å². The number of hydrogen-bond donors (Lipinski definition) is 3. The van der Waals surface area contributed by atoms with Crippen LogP contribution in [0.2, 0.25) is 0 Å². The quantitative estimate of drug-likeness (QED) is 0.694. The third-order valence-corrected chi connectivity index (χ3v) is 4.14. The van der Waals surface area contributed by atoms with Gasteiger partial charge in [-0.05, 0) is 56.0 Å². The molecular formula is C17H25FN4O. The lowest BCUT2D eigenvalue weighted by molar-refractivity contribution is 0.170. The Morgan fingerprint density at radius 1 is 1.35 bits per heavy atom. The fraction of sp³-hybridized carbons (Fsp3) is 0.588. The molecule has 1 aromatic carbocycles. The third kappa shape index (κ3) is 4.82. The number of aliphatic imine (C=N–C) groups is 1. The van der Waals surface area contributed by atoms with Gasteiger partial charge in [-0.2, -0.15) is 0 Å². The van der Waals surface area contributed by atoms with Gasteiger partial charge in [-0.1, -0.05) is 0 Å². The molecule has 0 aromatic heterocycles. The molecule has 1 atom stereocenters. The predicted octanol–water partition coefficient (Wildman–Crippen LogP) is 1.44. The second-order valence-electron chi connectivity index (χ2n) is 6.03. The zero-order valence-corrected chi connectivity index (χ0v) is 13.4. The number of nitrogens with zero attached hydrogens (tertiary/aromatic N) is 1. The van der Waals surface area contributed by atoms with Crippen LogP contribution in [0.25, 0.3) is 0 Å². The summed E-state index contributed by atoms with van der Waals surface area (Å²) in [6, 6.07) is 4.77. The van der Waals surface area contributed by atoms with E-state index in [2.05, 4.69) is 20.9 Å². The van der Waals surface area contributed by atoms with Crippen molar-refractivity contribution in [3.8, 4) is 5.75 Å². The highest BCUT2D eigenvalue weighted by molar-refractivity contribution is 5.80. The molecule has 23 heavy (non-hydrogen) atoms. The Labute approximate surface area is 136 Å². The zero-order valence-electron chi connectivity index (χ0n) is 13.4. The van der Waals surface area contributed by atoms with Gasteiger partial charge in [-0.25, -0.2) is 4.39 Å². The minimum absolute atomic E-state index is 0.172. The van der Waals surface area contributed by atoms with Crippen molar-refractivity contribution in [2.45, 2.75) is 31.8 Å². The van der Waals surface area contributed by atoms with Crippen LogP contribution in [0.4, 0.5) is 4.39 Å². The van der Waals surface area contributed by atoms with E-state index in [1.54, 1.807) is 12.1 Å².